The van der Waals surface area contributed by atoms with Gasteiger partial charge in [-0.15, -0.1) is 0 Å². The second kappa shape index (κ2) is 8.56. The lowest BCUT2D eigenvalue weighted by atomic mass is 10.1. The van der Waals surface area contributed by atoms with Crippen LogP contribution in [0.5, 0.6) is 5.75 Å². The molecule has 0 radical (unpaired) electrons. The number of anilines is 2. The number of benzene rings is 2. The Bertz CT molecular complexity index is 689. The quantitative estimate of drug-likeness (QED) is 0.886. The molecular formula is C21H26N2O2. The van der Waals surface area contributed by atoms with E-state index in [1.54, 1.807) is 7.11 Å². The van der Waals surface area contributed by atoms with Crippen molar-refractivity contribution in [3.63, 3.8) is 0 Å². The Hall–Kier alpha value is -2.49. The first kappa shape index (κ1) is 17.3. The lowest BCUT2D eigenvalue weighted by Gasteiger charge is -2.22. The van der Waals surface area contributed by atoms with E-state index in [-0.39, 0.29) is 5.91 Å². The first-order valence-electron chi connectivity index (χ1n) is 9.03. The fourth-order valence-electron chi connectivity index (χ4n) is 3.31. The molecule has 1 aliphatic heterocycles. The minimum atomic E-state index is -0.0352. The third kappa shape index (κ3) is 4.75. The maximum atomic E-state index is 12.3. The molecule has 1 aliphatic rings. The summed E-state index contributed by atoms with van der Waals surface area (Å²) in [5, 5.41) is 2.97. The number of carbonyl (C=O) groups excluding carboxylic acids is 1. The van der Waals surface area contributed by atoms with Gasteiger partial charge in [-0.05, 0) is 43.2 Å². The highest BCUT2D eigenvalue weighted by molar-refractivity contribution is 5.92. The monoisotopic (exact) mass is 338 g/mol. The van der Waals surface area contributed by atoms with E-state index in [9.17, 15) is 4.79 Å². The lowest BCUT2D eigenvalue weighted by Crippen LogP contribution is -2.23. The van der Waals surface area contributed by atoms with Crippen molar-refractivity contribution >= 4 is 17.3 Å². The van der Waals surface area contributed by atoms with E-state index in [0.717, 1.165) is 30.1 Å². The summed E-state index contributed by atoms with van der Waals surface area (Å²) in [4.78, 5) is 14.7. The summed E-state index contributed by atoms with van der Waals surface area (Å²) in [5.74, 6) is 0.709. The highest BCUT2D eigenvalue weighted by atomic mass is 16.5. The number of hydrogen-bond acceptors (Lipinski definition) is 3. The van der Waals surface area contributed by atoms with Gasteiger partial charge >= 0.3 is 0 Å². The Morgan fingerprint density at radius 1 is 1.00 bits per heavy atom. The Morgan fingerprint density at radius 2 is 1.68 bits per heavy atom. The maximum Gasteiger partial charge on any atom is 0.228 e. The fourth-order valence-corrected chi connectivity index (χ4v) is 3.31. The minimum Gasteiger partial charge on any atom is -0.496 e. The normalized spacial score (nSPS) is 14.7. The Kier molecular flexibility index (Phi) is 5.94. The summed E-state index contributed by atoms with van der Waals surface area (Å²) < 4.78 is 5.30. The van der Waals surface area contributed by atoms with Crippen LogP contribution >= 0.6 is 0 Å². The molecule has 0 aliphatic carbocycles. The number of nitrogens with one attached hydrogen (secondary N) is 1. The second-order valence-corrected chi connectivity index (χ2v) is 6.48. The molecule has 4 nitrogen and oxygen atoms in total. The Balaban J connectivity index is 1.60. The van der Waals surface area contributed by atoms with Crippen LogP contribution in [0.3, 0.4) is 0 Å². The van der Waals surface area contributed by atoms with Crippen molar-refractivity contribution in [2.45, 2.75) is 32.1 Å². The van der Waals surface area contributed by atoms with E-state index in [0.29, 0.717) is 6.42 Å². The molecule has 4 heteroatoms. The number of methoxy groups -OCH3 is 1. The molecule has 0 bridgehead atoms. The number of ether oxygens (including phenoxy) is 1. The zero-order chi connectivity index (χ0) is 17.5. The summed E-state index contributed by atoms with van der Waals surface area (Å²) in [6.07, 6.45) is 5.48. The highest BCUT2D eigenvalue weighted by Gasteiger charge is 2.11. The summed E-state index contributed by atoms with van der Waals surface area (Å²) in [6, 6.07) is 15.8. The van der Waals surface area contributed by atoms with Crippen LogP contribution in [0.2, 0.25) is 0 Å². The van der Waals surface area contributed by atoms with Crippen LogP contribution in [0.1, 0.15) is 31.2 Å². The molecule has 0 aromatic heterocycles. The molecule has 0 unspecified atom stereocenters. The molecule has 1 saturated heterocycles. The van der Waals surface area contributed by atoms with Crippen molar-refractivity contribution < 1.29 is 9.53 Å². The lowest BCUT2D eigenvalue weighted by molar-refractivity contribution is -0.115. The fraction of sp³-hybridized carbons (Fsp3) is 0.381. The van der Waals surface area contributed by atoms with Gasteiger partial charge in [0.1, 0.15) is 5.75 Å². The molecule has 0 atom stereocenters. The molecule has 2 aromatic rings. The van der Waals surface area contributed by atoms with E-state index in [1.807, 2.05) is 36.4 Å². The van der Waals surface area contributed by atoms with Gasteiger partial charge in [0, 0.05) is 30.0 Å². The number of rotatable bonds is 5. The van der Waals surface area contributed by atoms with Gasteiger partial charge in [-0.25, -0.2) is 0 Å². The van der Waals surface area contributed by atoms with E-state index in [1.165, 1.54) is 31.4 Å². The Morgan fingerprint density at radius 3 is 2.36 bits per heavy atom. The van der Waals surface area contributed by atoms with Gasteiger partial charge in [0.2, 0.25) is 5.91 Å². The van der Waals surface area contributed by atoms with Crippen molar-refractivity contribution in [3.05, 3.63) is 54.1 Å². The van der Waals surface area contributed by atoms with Gasteiger partial charge in [0.15, 0.2) is 0 Å². The third-order valence-electron chi connectivity index (χ3n) is 4.67. The molecule has 25 heavy (non-hydrogen) atoms. The van der Waals surface area contributed by atoms with Crippen molar-refractivity contribution in [2.24, 2.45) is 0 Å². The van der Waals surface area contributed by atoms with E-state index >= 15 is 0 Å². The molecule has 1 fully saturated rings. The highest BCUT2D eigenvalue weighted by Crippen LogP contribution is 2.22. The topological polar surface area (TPSA) is 41.6 Å². The predicted molar refractivity (Wildman–Crippen MR) is 102 cm³/mol. The van der Waals surface area contributed by atoms with Crippen LogP contribution in [-0.2, 0) is 11.2 Å². The number of hydrogen-bond donors (Lipinski definition) is 1. The zero-order valence-corrected chi connectivity index (χ0v) is 14.8. The van der Waals surface area contributed by atoms with E-state index < -0.39 is 0 Å². The van der Waals surface area contributed by atoms with Crippen molar-refractivity contribution in [1.82, 2.24) is 0 Å². The van der Waals surface area contributed by atoms with Crippen LogP contribution in [0.15, 0.2) is 48.5 Å². The summed E-state index contributed by atoms with van der Waals surface area (Å²) >= 11 is 0. The minimum absolute atomic E-state index is 0.0352. The van der Waals surface area contributed by atoms with E-state index in [4.69, 9.17) is 4.74 Å². The maximum absolute atomic E-state index is 12.3. The van der Waals surface area contributed by atoms with Gasteiger partial charge in [-0.2, -0.15) is 0 Å². The number of carbonyl (C=O) groups is 1. The van der Waals surface area contributed by atoms with Gasteiger partial charge in [0.25, 0.3) is 0 Å². The van der Waals surface area contributed by atoms with Crippen molar-refractivity contribution in [1.29, 1.82) is 0 Å². The molecule has 1 heterocycles. The van der Waals surface area contributed by atoms with E-state index in [2.05, 4.69) is 22.3 Å². The number of para-hydroxylation sites is 1. The van der Waals surface area contributed by atoms with Crippen molar-refractivity contribution in [3.8, 4) is 5.75 Å². The van der Waals surface area contributed by atoms with Crippen LogP contribution in [0.25, 0.3) is 0 Å². The summed E-state index contributed by atoms with van der Waals surface area (Å²) in [7, 11) is 1.62. The smallest absolute Gasteiger partial charge is 0.228 e. The van der Waals surface area contributed by atoms with Crippen LogP contribution in [0.4, 0.5) is 11.4 Å². The first-order chi connectivity index (χ1) is 12.3. The summed E-state index contributed by atoms with van der Waals surface area (Å²) in [6.45, 7) is 2.25. The predicted octanol–water partition coefficient (Wildman–Crippen LogP) is 4.26. The van der Waals surface area contributed by atoms with Crippen LogP contribution in [-0.4, -0.2) is 26.1 Å². The molecule has 1 N–H and O–H groups in total. The molecule has 0 spiro atoms. The molecule has 1 amide bonds. The molecule has 3 rings (SSSR count). The van der Waals surface area contributed by atoms with Gasteiger partial charge in [0.05, 0.1) is 13.5 Å². The third-order valence-corrected chi connectivity index (χ3v) is 4.67. The van der Waals surface area contributed by atoms with Crippen LogP contribution < -0.4 is 15.0 Å². The molecular weight excluding hydrogens is 312 g/mol. The van der Waals surface area contributed by atoms with Crippen molar-refractivity contribution in [2.75, 3.05) is 30.4 Å². The number of amides is 1. The zero-order valence-electron chi connectivity index (χ0n) is 14.8. The average molecular weight is 338 g/mol. The number of nitrogens with zero attached hydrogens (tertiary/aromatic N) is 1. The molecule has 2 aromatic carbocycles. The van der Waals surface area contributed by atoms with Gasteiger partial charge < -0.3 is 15.0 Å². The second-order valence-electron chi connectivity index (χ2n) is 6.48. The SMILES string of the molecule is COc1ccccc1CC(=O)Nc1ccc(N2CCCCCC2)cc1. The Labute approximate surface area is 149 Å². The first-order valence-corrected chi connectivity index (χ1v) is 9.03. The standard InChI is InChI=1S/C21H26N2O2/c1-25-20-9-5-4-8-17(20)16-21(24)22-18-10-12-19(13-11-18)23-14-6-2-3-7-15-23/h4-5,8-13H,2-3,6-7,14-16H2,1H3,(H,22,24). The largest absolute Gasteiger partial charge is 0.496 e. The van der Waals surface area contributed by atoms with Crippen LogP contribution in [0, 0.1) is 0 Å². The summed E-state index contributed by atoms with van der Waals surface area (Å²) in [5.41, 5.74) is 2.96. The molecule has 0 saturated carbocycles. The average Bonchev–Trinajstić information content (AvgIpc) is 2.92. The van der Waals surface area contributed by atoms with Gasteiger partial charge in [-0.1, -0.05) is 31.0 Å². The molecule has 132 valence electrons. The van der Waals surface area contributed by atoms with Gasteiger partial charge in [-0.3, -0.25) is 4.79 Å².